The molecule has 0 amide bonds. The number of rotatable bonds is 2. The average Bonchev–Trinajstić information content (AvgIpc) is 2.98. The standard InChI is InChI=1S/C13H14F2N2OS/c14-13(15)5-3-8(4-6-13)11-10(12(16)17-18-11)9-2-1-7-19-9/h1-2,7-8H,3-6H2,(H2,16,17). The number of thiophene rings is 1. The predicted octanol–water partition coefficient (Wildman–Crippen LogP) is 4.28. The van der Waals surface area contributed by atoms with Crippen LogP contribution in [0.1, 0.15) is 37.4 Å². The molecule has 2 aromatic rings. The van der Waals surface area contributed by atoms with E-state index >= 15 is 0 Å². The minimum absolute atomic E-state index is 0.0125. The minimum atomic E-state index is -2.54. The molecule has 0 bridgehead atoms. The van der Waals surface area contributed by atoms with Crippen LogP contribution < -0.4 is 5.73 Å². The summed E-state index contributed by atoms with van der Waals surface area (Å²) in [5, 5.41) is 5.75. The van der Waals surface area contributed by atoms with Crippen molar-refractivity contribution in [1.82, 2.24) is 5.16 Å². The molecule has 1 fully saturated rings. The summed E-state index contributed by atoms with van der Waals surface area (Å²) in [6.07, 6.45) is 0.643. The predicted molar refractivity (Wildman–Crippen MR) is 70.4 cm³/mol. The van der Waals surface area contributed by atoms with Crippen molar-refractivity contribution < 1.29 is 13.3 Å². The second-order valence-corrected chi connectivity index (χ2v) is 5.86. The van der Waals surface area contributed by atoms with Gasteiger partial charge in [0.2, 0.25) is 5.92 Å². The van der Waals surface area contributed by atoms with Crippen molar-refractivity contribution in [2.75, 3.05) is 5.73 Å². The van der Waals surface area contributed by atoms with E-state index in [4.69, 9.17) is 10.3 Å². The molecule has 2 N–H and O–H groups in total. The van der Waals surface area contributed by atoms with E-state index in [9.17, 15) is 8.78 Å². The molecule has 0 radical (unpaired) electrons. The van der Waals surface area contributed by atoms with Crippen LogP contribution in [-0.4, -0.2) is 11.1 Å². The summed E-state index contributed by atoms with van der Waals surface area (Å²) in [6, 6.07) is 3.86. The highest BCUT2D eigenvalue weighted by atomic mass is 32.1. The smallest absolute Gasteiger partial charge is 0.248 e. The van der Waals surface area contributed by atoms with E-state index in [0.717, 1.165) is 10.4 Å². The highest BCUT2D eigenvalue weighted by Crippen LogP contribution is 2.45. The first-order chi connectivity index (χ1) is 9.07. The number of halogens is 2. The Morgan fingerprint density at radius 3 is 2.74 bits per heavy atom. The molecule has 2 heterocycles. The maximum absolute atomic E-state index is 13.2. The topological polar surface area (TPSA) is 52.0 Å². The fourth-order valence-electron chi connectivity index (χ4n) is 2.57. The van der Waals surface area contributed by atoms with Crippen LogP contribution in [0.5, 0.6) is 0 Å². The Kier molecular flexibility index (Phi) is 3.05. The van der Waals surface area contributed by atoms with E-state index in [1.165, 1.54) is 0 Å². The summed E-state index contributed by atoms with van der Waals surface area (Å²) in [4.78, 5) is 0.978. The highest BCUT2D eigenvalue weighted by Gasteiger charge is 2.38. The van der Waals surface area contributed by atoms with E-state index in [-0.39, 0.29) is 18.8 Å². The molecule has 0 aliphatic heterocycles. The number of anilines is 1. The second-order valence-electron chi connectivity index (χ2n) is 4.91. The molecule has 19 heavy (non-hydrogen) atoms. The van der Waals surface area contributed by atoms with E-state index < -0.39 is 5.92 Å². The van der Waals surface area contributed by atoms with Crippen molar-refractivity contribution in [3.05, 3.63) is 23.3 Å². The van der Waals surface area contributed by atoms with Crippen LogP contribution in [0.3, 0.4) is 0 Å². The third-order valence-electron chi connectivity index (χ3n) is 3.60. The van der Waals surface area contributed by atoms with Crippen LogP contribution in [0.15, 0.2) is 22.0 Å². The largest absolute Gasteiger partial charge is 0.380 e. The summed E-state index contributed by atoms with van der Waals surface area (Å²) < 4.78 is 31.7. The van der Waals surface area contributed by atoms with Gasteiger partial charge in [0.1, 0.15) is 0 Å². The molecular weight excluding hydrogens is 270 g/mol. The van der Waals surface area contributed by atoms with Gasteiger partial charge in [-0.15, -0.1) is 11.3 Å². The number of hydrogen-bond acceptors (Lipinski definition) is 4. The molecule has 0 aromatic carbocycles. The molecule has 2 aromatic heterocycles. The van der Waals surface area contributed by atoms with Crippen LogP contribution in [0.4, 0.5) is 14.6 Å². The van der Waals surface area contributed by atoms with Crippen LogP contribution >= 0.6 is 11.3 Å². The van der Waals surface area contributed by atoms with Crippen LogP contribution in [0.25, 0.3) is 10.4 Å². The summed E-state index contributed by atoms with van der Waals surface area (Å²) in [5.74, 6) is -1.54. The molecule has 3 rings (SSSR count). The third kappa shape index (κ3) is 2.36. The number of hydrogen-bond donors (Lipinski definition) is 1. The molecule has 0 saturated heterocycles. The Labute approximate surface area is 113 Å². The van der Waals surface area contributed by atoms with Gasteiger partial charge in [-0.1, -0.05) is 11.2 Å². The van der Waals surface area contributed by atoms with E-state index in [2.05, 4.69) is 5.16 Å². The Bertz CT molecular complexity index is 555. The minimum Gasteiger partial charge on any atom is -0.380 e. The number of nitrogens with zero attached hydrogens (tertiary/aromatic N) is 1. The lowest BCUT2D eigenvalue weighted by Gasteiger charge is -2.27. The van der Waals surface area contributed by atoms with Crippen molar-refractivity contribution in [1.29, 1.82) is 0 Å². The normalized spacial score (nSPS) is 19.7. The Morgan fingerprint density at radius 2 is 2.11 bits per heavy atom. The van der Waals surface area contributed by atoms with Gasteiger partial charge in [-0.05, 0) is 24.3 Å². The molecule has 0 atom stereocenters. The third-order valence-corrected chi connectivity index (χ3v) is 4.49. The van der Waals surface area contributed by atoms with E-state index in [0.29, 0.717) is 24.4 Å². The Balaban J connectivity index is 1.90. The molecule has 1 aliphatic carbocycles. The first kappa shape index (κ1) is 12.6. The van der Waals surface area contributed by atoms with Crippen LogP contribution in [0, 0.1) is 0 Å². The Hall–Kier alpha value is -1.43. The highest BCUT2D eigenvalue weighted by molar-refractivity contribution is 7.13. The van der Waals surface area contributed by atoms with Gasteiger partial charge in [0.05, 0.1) is 5.56 Å². The number of alkyl halides is 2. The number of aromatic nitrogens is 1. The van der Waals surface area contributed by atoms with Gasteiger partial charge >= 0.3 is 0 Å². The first-order valence-corrected chi connectivity index (χ1v) is 7.11. The molecule has 1 aliphatic rings. The summed E-state index contributed by atoms with van der Waals surface area (Å²) >= 11 is 1.54. The molecular formula is C13H14F2N2OS. The molecule has 3 nitrogen and oxygen atoms in total. The molecule has 6 heteroatoms. The van der Waals surface area contributed by atoms with Gasteiger partial charge in [0.25, 0.3) is 0 Å². The lowest BCUT2D eigenvalue weighted by atomic mass is 9.84. The second kappa shape index (κ2) is 4.59. The van der Waals surface area contributed by atoms with Gasteiger partial charge in [-0.25, -0.2) is 8.78 Å². The molecule has 1 saturated carbocycles. The summed E-state index contributed by atoms with van der Waals surface area (Å²) in [5.41, 5.74) is 6.63. The fourth-order valence-corrected chi connectivity index (χ4v) is 3.35. The maximum atomic E-state index is 13.2. The first-order valence-electron chi connectivity index (χ1n) is 6.23. The van der Waals surface area contributed by atoms with Gasteiger partial charge in [-0.3, -0.25) is 0 Å². The maximum Gasteiger partial charge on any atom is 0.248 e. The lowest BCUT2D eigenvalue weighted by molar-refractivity contribution is -0.0398. The Morgan fingerprint density at radius 1 is 1.37 bits per heavy atom. The molecule has 0 unspecified atom stereocenters. The van der Waals surface area contributed by atoms with Gasteiger partial charge in [0.15, 0.2) is 11.6 Å². The van der Waals surface area contributed by atoms with Crippen molar-refractivity contribution in [2.45, 2.75) is 37.5 Å². The average molecular weight is 284 g/mol. The van der Waals surface area contributed by atoms with Crippen LogP contribution in [0.2, 0.25) is 0 Å². The molecule has 102 valence electrons. The fraction of sp³-hybridized carbons (Fsp3) is 0.462. The van der Waals surface area contributed by atoms with E-state index in [1.54, 1.807) is 11.3 Å². The zero-order chi connectivity index (χ0) is 13.5. The van der Waals surface area contributed by atoms with Gasteiger partial charge < -0.3 is 10.3 Å². The van der Waals surface area contributed by atoms with Gasteiger partial charge in [0, 0.05) is 23.6 Å². The van der Waals surface area contributed by atoms with Crippen LogP contribution in [-0.2, 0) is 0 Å². The number of nitrogen functional groups attached to an aromatic ring is 1. The quantitative estimate of drug-likeness (QED) is 0.895. The SMILES string of the molecule is Nc1noc(C2CCC(F)(F)CC2)c1-c1cccs1. The van der Waals surface area contributed by atoms with Crippen molar-refractivity contribution in [3.63, 3.8) is 0 Å². The zero-order valence-electron chi connectivity index (χ0n) is 10.2. The summed E-state index contributed by atoms with van der Waals surface area (Å²) in [7, 11) is 0. The van der Waals surface area contributed by atoms with Crippen molar-refractivity contribution in [2.24, 2.45) is 0 Å². The molecule has 0 spiro atoms. The summed E-state index contributed by atoms with van der Waals surface area (Å²) in [6.45, 7) is 0. The number of nitrogens with two attached hydrogens (primary N) is 1. The van der Waals surface area contributed by atoms with Crippen molar-refractivity contribution in [3.8, 4) is 10.4 Å². The van der Waals surface area contributed by atoms with Crippen molar-refractivity contribution >= 4 is 17.2 Å². The van der Waals surface area contributed by atoms with E-state index in [1.807, 2.05) is 17.5 Å². The van der Waals surface area contributed by atoms with Gasteiger partial charge in [-0.2, -0.15) is 0 Å². The monoisotopic (exact) mass is 284 g/mol. The zero-order valence-corrected chi connectivity index (χ0v) is 11.1. The lowest BCUT2D eigenvalue weighted by Crippen LogP contribution is -2.23.